The highest BCUT2D eigenvalue weighted by Crippen LogP contribution is 2.38. The fourth-order valence-electron chi connectivity index (χ4n) is 3.66. The van der Waals surface area contributed by atoms with Gasteiger partial charge in [-0.3, -0.25) is 0 Å². The molecule has 3 unspecified atom stereocenters. The zero-order chi connectivity index (χ0) is 13.9. The lowest BCUT2D eigenvalue weighted by atomic mass is 9.77. The molecule has 0 aromatic heterocycles. The van der Waals surface area contributed by atoms with Crippen LogP contribution in [0.3, 0.4) is 0 Å². The zero-order valence-electron chi connectivity index (χ0n) is 13.3. The van der Waals surface area contributed by atoms with Crippen LogP contribution in [0, 0.1) is 11.8 Å². The number of halogens is 1. The first-order valence-electron chi connectivity index (χ1n) is 8.92. The van der Waals surface area contributed by atoms with Crippen molar-refractivity contribution < 1.29 is 0 Å². The summed E-state index contributed by atoms with van der Waals surface area (Å²) in [4.78, 5) is 0.820. The van der Waals surface area contributed by atoms with E-state index in [1.165, 1.54) is 83.5 Å². The molecule has 0 spiro atoms. The number of unbranched alkanes of at least 4 members (excludes halogenated alkanes) is 6. The summed E-state index contributed by atoms with van der Waals surface area (Å²) in [6.07, 6.45) is 18.8. The Morgan fingerprint density at radius 3 is 2.16 bits per heavy atom. The number of alkyl halides is 1. The van der Waals surface area contributed by atoms with Crippen LogP contribution in [0.4, 0.5) is 0 Å². The largest absolute Gasteiger partial charge is 0.0888 e. The highest BCUT2D eigenvalue weighted by atomic mass is 79.9. The third kappa shape index (κ3) is 7.73. The minimum atomic E-state index is 0.820. The van der Waals surface area contributed by atoms with Crippen LogP contribution < -0.4 is 0 Å². The summed E-state index contributed by atoms with van der Waals surface area (Å²) in [6, 6.07) is 0. The molecule has 1 aliphatic carbocycles. The van der Waals surface area contributed by atoms with E-state index in [0.717, 1.165) is 16.7 Å². The van der Waals surface area contributed by atoms with Gasteiger partial charge in [0.15, 0.2) is 0 Å². The average Bonchev–Trinajstić information content (AvgIpc) is 2.41. The second-order valence-corrected chi connectivity index (χ2v) is 7.83. The molecular weight excluding hydrogens is 296 g/mol. The molecule has 1 saturated carbocycles. The molecule has 0 N–H and O–H groups in total. The smallest absolute Gasteiger partial charge is 0.0174 e. The minimum absolute atomic E-state index is 0.820. The number of hydrogen-bond acceptors (Lipinski definition) is 0. The Kier molecular flexibility index (Phi) is 10.3. The van der Waals surface area contributed by atoms with E-state index < -0.39 is 0 Å². The first-order valence-corrected chi connectivity index (χ1v) is 9.83. The van der Waals surface area contributed by atoms with E-state index in [9.17, 15) is 0 Å². The SMILES string of the molecule is CCCCCCCCCC1CC(CCC)CCC1Br. The number of hydrogen-bond donors (Lipinski definition) is 0. The van der Waals surface area contributed by atoms with Gasteiger partial charge in [-0.25, -0.2) is 0 Å². The predicted molar refractivity (Wildman–Crippen MR) is 91.1 cm³/mol. The van der Waals surface area contributed by atoms with Gasteiger partial charge in [0.05, 0.1) is 0 Å². The van der Waals surface area contributed by atoms with Crippen molar-refractivity contribution in [1.29, 1.82) is 0 Å². The van der Waals surface area contributed by atoms with Gasteiger partial charge in [0, 0.05) is 4.83 Å². The first kappa shape index (κ1) is 17.5. The van der Waals surface area contributed by atoms with Gasteiger partial charge >= 0.3 is 0 Å². The van der Waals surface area contributed by atoms with Crippen LogP contribution in [-0.4, -0.2) is 4.83 Å². The molecule has 0 aromatic carbocycles. The molecule has 0 amide bonds. The second-order valence-electron chi connectivity index (χ2n) is 6.65. The van der Waals surface area contributed by atoms with Gasteiger partial charge in [-0.1, -0.05) is 87.6 Å². The van der Waals surface area contributed by atoms with Gasteiger partial charge in [-0.2, -0.15) is 0 Å². The quantitative estimate of drug-likeness (QED) is 0.296. The Labute approximate surface area is 130 Å². The summed E-state index contributed by atoms with van der Waals surface area (Å²) in [5.74, 6) is 2.01. The molecule has 0 bridgehead atoms. The molecule has 0 aliphatic heterocycles. The van der Waals surface area contributed by atoms with Crippen LogP contribution >= 0.6 is 15.9 Å². The molecule has 1 fully saturated rings. The molecule has 1 heteroatoms. The summed E-state index contributed by atoms with van der Waals surface area (Å²) in [5, 5.41) is 0. The molecule has 114 valence electrons. The Balaban J connectivity index is 2.06. The van der Waals surface area contributed by atoms with Gasteiger partial charge in [-0.05, 0) is 37.5 Å². The van der Waals surface area contributed by atoms with Crippen molar-refractivity contribution in [2.45, 2.75) is 102 Å². The van der Waals surface area contributed by atoms with Crippen LogP contribution in [0.15, 0.2) is 0 Å². The normalized spacial score (nSPS) is 27.6. The minimum Gasteiger partial charge on any atom is -0.0888 e. The highest BCUT2D eigenvalue weighted by Gasteiger charge is 2.27. The van der Waals surface area contributed by atoms with Crippen molar-refractivity contribution in [2.75, 3.05) is 0 Å². The molecule has 1 rings (SSSR count). The molecular formula is C18H35Br. The Hall–Kier alpha value is 0.480. The van der Waals surface area contributed by atoms with E-state index in [-0.39, 0.29) is 0 Å². The predicted octanol–water partition coefficient (Wildman–Crippen LogP) is 7.11. The molecule has 0 saturated heterocycles. The van der Waals surface area contributed by atoms with E-state index >= 15 is 0 Å². The lowest BCUT2D eigenvalue weighted by Gasteiger charge is -2.33. The van der Waals surface area contributed by atoms with E-state index in [1.807, 2.05) is 0 Å². The maximum atomic E-state index is 3.94. The molecule has 3 atom stereocenters. The summed E-state index contributed by atoms with van der Waals surface area (Å²) in [5.41, 5.74) is 0. The van der Waals surface area contributed by atoms with Gasteiger partial charge < -0.3 is 0 Å². The van der Waals surface area contributed by atoms with Crippen LogP contribution in [0.5, 0.6) is 0 Å². The standard InChI is InChI=1S/C18H35Br/c1-3-5-6-7-8-9-10-12-17-15-16(11-4-2)13-14-18(17)19/h16-18H,3-15H2,1-2H3. The van der Waals surface area contributed by atoms with Crippen LogP contribution in [0.2, 0.25) is 0 Å². The number of rotatable bonds is 10. The van der Waals surface area contributed by atoms with E-state index in [2.05, 4.69) is 29.8 Å². The Morgan fingerprint density at radius 2 is 1.47 bits per heavy atom. The van der Waals surface area contributed by atoms with E-state index in [4.69, 9.17) is 0 Å². The van der Waals surface area contributed by atoms with Crippen LogP contribution in [-0.2, 0) is 0 Å². The molecule has 19 heavy (non-hydrogen) atoms. The van der Waals surface area contributed by atoms with Crippen molar-refractivity contribution in [1.82, 2.24) is 0 Å². The second kappa shape index (κ2) is 11.2. The Bertz CT molecular complexity index is 202. The molecule has 0 heterocycles. The maximum Gasteiger partial charge on any atom is 0.0174 e. The molecule has 0 aromatic rings. The van der Waals surface area contributed by atoms with Crippen molar-refractivity contribution >= 4 is 15.9 Å². The van der Waals surface area contributed by atoms with Gasteiger partial charge in [0.1, 0.15) is 0 Å². The van der Waals surface area contributed by atoms with E-state index in [1.54, 1.807) is 0 Å². The molecule has 0 radical (unpaired) electrons. The summed E-state index contributed by atoms with van der Waals surface area (Å²) < 4.78 is 0. The lowest BCUT2D eigenvalue weighted by Crippen LogP contribution is -2.25. The van der Waals surface area contributed by atoms with Crippen molar-refractivity contribution in [3.8, 4) is 0 Å². The lowest BCUT2D eigenvalue weighted by molar-refractivity contribution is 0.249. The Morgan fingerprint density at radius 1 is 0.789 bits per heavy atom. The zero-order valence-corrected chi connectivity index (χ0v) is 14.9. The molecule has 0 nitrogen and oxygen atoms in total. The summed E-state index contributed by atoms with van der Waals surface area (Å²) in [6.45, 7) is 4.64. The molecule has 1 aliphatic rings. The third-order valence-electron chi connectivity index (χ3n) is 4.87. The fourth-order valence-corrected chi connectivity index (χ4v) is 4.40. The monoisotopic (exact) mass is 330 g/mol. The van der Waals surface area contributed by atoms with Crippen LogP contribution in [0.25, 0.3) is 0 Å². The van der Waals surface area contributed by atoms with E-state index in [0.29, 0.717) is 0 Å². The van der Waals surface area contributed by atoms with Crippen molar-refractivity contribution in [2.24, 2.45) is 11.8 Å². The third-order valence-corrected chi connectivity index (χ3v) is 6.08. The average molecular weight is 331 g/mol. The van der Waals surface area contributed by atoms with Gasteiger partial charge in [0.2, 0.25) is 0 Å². The van der Waals surface area contributed by atoms with Gasteiger partial charge in [-0.15, -0.1) is 0 Å². The summed E-state index contributed by atoms with van der Waals surface area (Å²) >= 11 is 3.94. The van der Waals surface area contributed by atoms with Gasteiger partial charge in [0.25, 0.3) is 0 Å². The van der Waals surface area contributed by atoms with Crippen LogP contribution in [0.1, 0.15) is 97.3 Å². The summed E-state index contributed by atoms with van der Waals surface area (Å²) in [7, 11) is 0. The fraction of sp³-hybridized carbons (Fsp3) is 1.00. The highest BCUT2D eigenvalue weighted by molar-refractivity contribution is 9.09. The maximum absolute atomic E-state index is 3.94. The van der Waals surface area contributed by atoms with Crippen molar-refractivity contribution in [3.05, 3.63) is 0 Å². The van der Waals surface area contributed by atoms with Crippen molar-refractivity contribution in [3.63, 3.8) is 0 Å². The topological polar surface area (TPSA) is 0 Å². The first-order chi connectivity index (χ1) is 9.27.